The second kappa shape index (κ2) is 6.78. The number of azide groups is 1. The third kappa shape index (κ3) is 3.50. The molecule has 0 spiro atoms. The van der Waals surface area contributed by atoms with Crippen LogP contribution < -0.4 is 10.0 Å². The average molecular weight is 334 g/mol. The highest BCUT2D eigenvalue weighted by Gasteiger charge is 2.15. The molecule has 0 saturated carbocycles. The molecule has 0 radical (unpaired) electrons. The zero-order valence-corrected chi connectivity index (χ0v) is 13.0. The van der Waals surface area contributed by atoms with Crippen molar-refractivity contribution in [2.75, 3.05) is 23.7 Å². The summed E-state index contributed by atoms with van der Waals surface area (Å²) in [4.78, 5) is 4.63. The molecule has 0 bridgehead atoms. The van der Waals surface area contributed by atoms with Crippen LogP contribution >= 0.6 is 10.7 Å². The van der Waals surface area contributed by atoms with Crippen molar-refractivity contribution in [2.24, 2.45) is 10.3 Å². The summed E-state index contributed by atoms with van der Waals surface area (Å²) in [5.74, 6) is 0.523. The Kier molecular flexibility index (Phi) is 4.56. The standard InChI is InChI=1S/C13H15FN8S/c14-12-7-11(22-9-10(18-20-22)8-17-19-15)1-2-13(12)21-3-5-23(16)6-4-21/h1-2,5,7,9H,3-4,6,8,16H2. The Morgan fingerprint density at radius 2 is 2.35 bits per heavy atom. The molecule has 1 aliphatic heterocycles. The minimum atomic E-state index is -0.318. The van der Waals surface area contributed by atoms with Gasteiger partial charge in [0.25, 0.3) is 0 Å². The van der Waals surface area contributed by atoms with Gasteiger partial charge in [0.15, 0.2) is 0 Å². The monoisotopic (exact) mass is 334 g/mol. The largest absolute Gasteiger partial charge is 0.364 e. The predicted octanol–water partition coefficient (Wildman–Crippen LogP) is 1.98. The SMILES string of the molecule is [N-]=[N+]=NCc1cn(-c2ccc(N3CC=S(N)CC3)c(F)c2)nn1. The van der Waals surface area contributed by atoms with Crippen molar-refractivity contribution >= 4 is 21.7 Å². The van der Waals surface area contributed by atoms with Gasteiger partial charge in [-0.15, -0.1) is 15.8 Å². The molecule has 0 saturated heterocycles. The fourth-order valence-electron chi connectivity index (χ4n) is 2.29. The number of hydrogen-bond acceptors (Lipinski definition) is 5. The van der Waals surface area contributed by atoms with E-state index in [-0.39, 0.29) is 23.0 Å². The first-order valence-corrected chi connectivity index (χ1v) is 8.44. The number of halogens is 1. The maximum Gasteiger partial charge on any atom is 0.148 e. The van der Waals surface area contributed by atoms with Gasteiger partial charge in [-0.3, -0.25) is 5.14 Å². The average Bonchev–Trinajstić information content (AvgIpc) is 3.03. The lowest BCUT2D eigenvalue weighted by Crippen LogP contribution is -2.33. The van der Waals surface area contributed by atoms with Gasteiger partial charge in [-0.05, 0) is 23.0 Å². The van der Waals surface area contributed by atoms with Crippen LogP contribution in [0.15, 0.2) is 29.5 Å². The van der Waals surface area contributed by atoms with Crippen LogP contribution in [0.2, 0.25) is 0 Å². The Hall–Kier alpha value is -2.42. The quantitative estimate of drug-likeness (QED) is 0.399. The second-order valence-corrected chi connectivity index (χ2v) is 6.65. The molecule has 0 amide bonds. The zero-order chi connectivity index (χ0) is 16.2. The Morgan fingerprint density at radius 3 is 3.04 bits per heavy atom. The molecule has 3 rings (SSSR count). The highest BCUT2D eigenvalue weighted by Crippen LogP contribution is 2.24. The minimum Gasteiger partial charge on any atom is -0.364 e. The molecule has 1 atom stereocenters. The van der Waals surface area contributed by atoms with Crippen molar-refractivity contribution in [2.45, 2.75) is 6.54 Å². The van der Waals surface area contributed by atoms with Crippen LogP contribution in [0, 0.1) is 5.82 Å². The van der Waals surface area contributed by atoms with Crippen molar-refractivity contribution in [1.82, 2.24) is 15.0 Å². The first-order valence-electron chi connectivity index (χ1n) is 6.92. The van der Waals surface area contributed by atoms with Crippen LogP contribution in [0.4, 0.5) is 10.1 Å². The van der Waals surface area contributed by atoms with E-state index in [1.807, 2.05) is 10.3 Å². The summed E-state index contributed by atoms with van der Waals surface area (Å²) in [6, 6.07) is 4.92. The van der Waals surface area contributed by atoms with E-state index < -0.39 is 0 Å². The van der Waals surface area contributed by atoms with Crippen molar-refractivity contribution in [3.8, 4) is 5.69 Å². The molecule has 1 aliphatic rings. The second-order valence-electron chi connectivity index (χ2n) is 4.97. The predicted molar refractivity (Wildman–Crippen MR) is 89.1 cm³/mol. The lowest BCUT2D eigenvalue weighted by atomic mass is 10.2. The normalized spacial score (nSPS) is 17.5. The van der Waals surface area contributed by atoms with Crippen molar-refractivity contribution < 1.29 is 4.39 Å². The first kappa shape index (κ1) is 15.5. The van der Waals surface area contributed by atoms with Crippen LogP contribution in [-0.2, 0) is 6.54 Å². The molecule has 1 aromatic heterocycles. The Morgan fingerprint density at radius 1 is 1.48 bits per heavy atom. The van der Waals surface area contributed by atoms with Crippen LogP contribution in [0.1, 0.15) is 5.69 Å². The molecule has 2 heterocycles. The van der Waals surface area contributed by atoms with E-state index in [0.717, 1.165) is 12.3 Å². The summed E-state index contributed by atoms with van der Waals surface area (Å²) in [5, 5.41) is 19.1. The molecule has 0 aliphatic carbocycles. The number of aromatic nitrogens is 3. The fraction of sp³-hybridized carbons (Fsp3) is 0.308. The number of hydrogen-bond donors (Lipinski definition) is 1. The van der Waals surface area contributed by atoms with E-state index in [9.17, 15) is 4.39 Å². The van der Waals surface area contributed by atoms with Crippen LogP contribution in [0.3, 0.4) is 0 Å². The molecule has 0 fully saturated rings. The van der Waals surface area contributed by atoms with Crippen LogP contribution in [0.25, 0.3) is 16.1 Å². The van der Waals surface area contributed by atoms with E-state index in [1.54, 1.807) is 18.3 Å². The third-order valence-corrected chi connectivity index (χ3v) is 4.71. The Balaban J connectivity index is 1.81. The molecule has 120 valence electrons. The molecule has 23 heavy (non-hydrogen) atoms. The smallest absolute Gasteiger partial charge is 0.148 e. The topological polar surface area (TPSA) is 109 Å². The van der Waals surface area contributed by atoms with Gasteiger partial charge in [-0.1, -0.05) is 10.3 Å². The molecule has 2 N–H and O–H groups in total. The maximum atomic E-state index is 14.4. The number of anilines is 1. The van der Waals surface area contributed by atoms with Gasteiger partial charge in [0, 0.05) is 29.8 Å². The third-order valence-electron chi connectivity index (χ3n) is 3.48. The van der Waals surface area contributed by atoms with E-state index in [2.05, 4.69) is 20.3 Å². The van der Waals surface area contributed by atoms with Gasteiger partial charge in [-0.25, -0.2) is 9.07 Å². The summed E-state index contributed by atoms with van der Waals surface area (Å²) >= 11 is 0. The maximum absolute atomic E-state index is 14.4. The summed E-state index contributed by atoms with van der Waals surface area (Å²) in [6.07, 6.45) is 1.61. The van der Waals surface area contributed by atoms with Crippen LogP contribution in [-0.4, -0.2) is 39.2 Å². The number of nitrogens with two attached hydrogens (primary N) is 1. The van der Waals surface area contributed by atoms with Gasteiger partial charge in [-0.2, -0.15) is 0 Å². The molecule has 10 heteroatoms. The number of benzene rings is 1. The Bertz CT molecular complexity index is 795. The fourth-order valence-corrected chi connectivity index (χ4v) is 3.26. The van der Waals surface area contributed by atoms with Gasteiger partial charge in [0.1, 0.15) is 5.82 Å². The van der Waals surface area contributed by atoms with Crippen molar-refractivity contribution in [3.05, 3.63) is 46.3 Å². The van der Waals surface area contributed by atoms with E-state index in [0.29, 0.717) is 23.6 Å². The van der Waals surface area contributed by atoms with Gasteiger partial charge < -0.3 is 4.90 Å². The first-order chi connectivity index (χ1) is 11.2. The lowest BCUT2D eigenvalue weighted by Gasteiger charge is -2.28. The van der Waals surface area contributed by atoms with Gasteiger partial charge in [0.2, 0.25) is 0 Å². The van der Waals surface area contributed by atoms with E-state index in [4.69, 9.17) is 10.7 Å². The van der Waals surface area contributed by atoms with Crippen molar-refractivity contribution in [3.63, 3.8) is 0 Å². The van der Waals surface area contributed by atoms with Gasteiger partial charge in [0.05, 0.1) is 29.8 Å². The molecular formula is C13H15FN8S. The molecule has 1 aromatic carbocycles. The molecule has 8 nitrogen and oxygen atoms in total. The Labute approximate surface area is 134 Å². The summed E-state index contributed by atoms with van der Waals surface area (Å²) in [7, 11) is -0.171. The van der Waals surface area contributed by atoms with Crippen molar-refractivity contribution in [1.29, 1.82) is 0 Å². The minimum absolute atomic E-state index is 0.113. The summed E-state index contributed by atoms with van der Waals surface area (Å²) in [5.41, 5.74) is 9.93. The summed E-state index contributed by atoms with van der Waals surface area (Å²) < 4.78 is 15.9. The highest BCUT2D eigenvalue weighted by atomic mass is 32.2. The zero-order valence-electron chi connectivity index (χ0n) is 12.2. The van der Waals surface area contributed by atoms with Gasteiger partial charge >= 0.3 is 0 Å². The van der Waals surface area contributed by atoms with E-state index >= 15 is 0 Å². The molecular weight excluding hydrogens is 319 g/mol. The molecule has 2 aromatic rings. The number of nitrogens with zero attached hydrogens (tertiary/aromatic N) is 7. The van der Waals surface area contributed by atoms with Crippen LogP contribution in [0.5, 0.6) is 0 Å². The number of rotatable bonds is 4. The lowest BCUT2D eigenvalue weighted by molar-refractivity contribution is 0.619. The highest BCUT2D eigenvalue weighted by molar-refractivity contribution is 8.13. The van der Waals surface area contributed by atoms with E-state index in [1.165, 1.54) is 10.7 Å². The molecule has 1 unspecified atom stereocenters. The summed E-state index contributed by atoms with van der Waals surface area (Å²) in [6.45, 7) is 1.50.